The van der Waals surface area contributed by atoms with Gasteiger partial charge in [0.25, 0.3) is 5.91 Å². The molecule has 0 saturated heterocycles. The van der Waals surface area contributed by atoms with E-state index in [4.69, 9.17) is 0 Å². The summed E-state index contributed by atoms with van der Waals surface area (Å²) < 4.78 is 1.12. The summed E-state index contributed by atoms with van der Waals surface area (Å²) in [5.41, 5.74) is -0.732. The second-order valence-corrected chi connectivity index (χ2v) is 7.34. The molecule has 1 heterocycles. The summed E-state index contributed by atoms with van der Waals surface area (Å²) in [5.74, 6) is 0.452. The number of hydrogen-bond acceptors (Lipinski definition) is 3. The Morgan fingerprint density at radius 3 is 3.05 bits per heavy atom. The van der Waals surface area contributed by atoms with Crippen LogP contribution in [0.1, 0.15) is 42.3 Å². The Balaban J connectivity index is 1.66. The van der Waals surface area contributed by atoms with Gasteiger partial charge in [-0.1, -0.05) is 38.0 Å². The maximum atomic E-state index is 12.3. The number of hydrogen-bond donors (Lipinski definition) is 2. The molecule has 2 N–H and O–H groups in total. The van der Waals surface area contributed by atoms with Crippen LogP contribution in [0.15, 0.2) is 30.3 Å². The molecular weight excluding hydrogens is 282 g/mol. The van der Waals surface area contributed by atoms with Crippen LogP contribution in [0.5, 0.6) is 0 Å². The largest absolute Gasteiger partial charge is 0.388 e. The number of rotatable bonds is 3. The topological polar surface area (TPSA) is 49.3 Å². The van der Waals surface area contributed by atoms with Crippen molar-refractivity contribution in [2.75, 3.05) is 6.54 Å². The van der Waals surface area contributed by atoms with Gasteiger partial charge in [0.2, 0.25) is 0 Å². The van der Waals surface area contributed by atoms with Crippen LogP contribution in [0.4, 0.5) is 0 Å². The van der Waals surface area contributed by atoms with Gasteiger partial charge < -0.3 is 10.4 Å². The second-order valence-electron chi connectivity index (χ2n) is 6.26. The number of fused-ring (bicyclic) bond motifs is 1. The zero-order valence-electron chi connectivity index (χ0n) is 12.3. The van der Waals surface area contributed by atoms with Crippen molar-refractivity contribution < 1.29 is 9.90 Å². The number of carbonyl (C=O) groups excluding carboxylic acids is 1. The van der Waals surface area contributed by atoms with Gasteiger partial charge in [-0.3, -0.25) is 4.79 Å². The third-order valence-corrected chi connectivity index (χ3v) is 5.41. The number of aliphatic hydroxyl groups is 1. The van der Waals surface area contributed by atoms with Crippen LogP contribution in [0.25, 0.3) is 10.1 Å². The van der Waals surface area contributed by atoms with Crippen molar-refractivity contribution in [3.8, 4) is 0 Å². The molecule has 1 saturated carbocycles. The van der Waals surface area contributed by atoms with Crippen molar-refractivity contribution in [1.82, 2.24) is 5.32 Å². The van der Waals surface area contributed by atoms with Crippen molar-refractivity contribution in [1.29, 1.82) is 0 Å². The first-order valence-electron chi connectivity index (χ1n) is 7.55. The van der Waals surface area contributed by atoms with Gasteiger partial charge >= 0.3 is 0 Å². The lowest BCUT2D eigenvalue weighted by atomic mass is 9.79. The van der Waals surface area contributed by atoms with Gasteiger partial charge in [-0.15, -0.1) is 11.3 Å². The van der Waals surface area contributed by atoms with Gasteiger partial charge in [-0.05, 0) is 36.3 Å². The summed E-state index contributed by atoms with van der Waals surface area (Å²) >= 11 is 1.50. The summed E-state index contributed by atoms with van der Waals surface area (Å²) in [6.07, 6.45) is 3.77. The van der Waals surface area contributed by atoms with Gasteiger partial charge in [0.15, 0.2) is 0 Å². The minimum absolute atomic E-state index is 0.0807. The van der Waals surface area contributed by atoms with E-state index in [0.717, 1.165) is 29.3 Å². The lowest BCUT2D eigenvalue weighted by molar-refractivity contribution is -0.0109. The van der Waals surface area contributed by atoms with Crippen molar-refractivity contribution >= 4 is 27.3 Å². The molecule has 2 unspecified atom stereocenters. The van der Waals surface area contributed by atoms with E-state index in [9.17, 15) is 9.90 Å². The SMILES string of the molecule is CC1CCCC(O)(CNC(=O)c2cc3ccccc3s2)C1. The minimum atomic E-state index is -0.732. The van der Waals surface area contributed by atoms with Gasteiger partial charge in [-0.2, -0.15) is 0 Å². The van der Waals surface area contributed by atoms with Crippen LogP contribution in [-0.2, 0) is 0 Å². The third kappa shape index (κ3) is 3.27. The molecule has 0 radical (unpaired) electrons. The van der Waals surface area contributed by atoms with Crippen LogP contribution in [-0.4, -0.2) is 23.2 Å². The number of nitrogens with one attached hydrogen (secondary N) is 1. The number of carbonyl (C=O) groups is 1. The fourth-order valence-corrected chi connectivity index (χ4v) is 4.20. The molecule has 3 rings (SSSR count). The summed E-state index contributed by atoms with van der Waals surface area (Å²) in [4.78, 5) is 13.0. The Bertz CT molecular complexity index is 618. The molecule has 2 aromatic rings. The Morgan fingerprint density at radius 2 is 2.29 bits per heavy atom. The first-order chi connectivity index (χ1) is 10.1. The van der Waals surface area contributed by atoms with Crippen LogP contribution < -0.4 is 5.32 Å². The van der Waals surface area contributed by atoms with Gasteiger partial charge in [0.05, 0.1) is 10.5 Å². The molecule has 4 heteroatoms. The highest BCUT2D eigenvalue weighted by Gasteiger charge is 2.33. The van der Waals surface area contributed by atoms with Crippen molar-refractivity contribution in [3.63, 3.8) is 0 Å². The van der Waals surface area contributed by atoms with E-state index in [2.05, 4.69) is 12.2 Å². The number of amides is 1. The quantitative estimate of drug-likeness (QED) is 0.910. The highest BCUT2D eigenvalue weighted by Crippen LogP contribution is 2.32. The molecule has 112 valence electrons. The standard InChI is InChI=1S/C17H21NO2S/c1-12-5-4-8-17(20,10-12)11-18-16(19)15-9-13-6-2-3-7-14(13)21-15/h2-3,6-7,9,12,20H,4-5,8,10-11H2,1H3,(H,18,19). The average molecular weight is 303 g/mol. The molecule has 1 aliphatic rings. The van der Waals surface area contributed by atoms with E-state index in [-0.39, 0.29) is 5.91 Å². The molecule has 21 heavy (non-hydrogen) atoms. The monoisotopic (exact) mass is 303 g/mol. The molecule has 0 spiro atoms. The summed E-state index contributed by atoms with van der Waals surface area (Å²) in [6.45, 7) is 2.52. The van der Waals surface area contributed by atoms with Crippen LogP contribution in [0.3, 0.4) is 0 Å². The fourth-order valence-electron chi connectivity index (χ4n) is 3.22. The van der Waals surface area contributed by atoms with Crippen LogP contribution >= 0.6 is 11.3 Å². The third-order valence-electron chi connectivity index (χ3n) is 4.29. The smallest absolute Gasteiger partial charge is 0.261 e. The Labute approximate surface area is 129 Å². The van der Waals surface area contributed by atoms with Gasteiger partial charge in [0, 0.05) is 11.2 Å². The fraction of sp³-hybridized carbons (Fsp3) is 0.471. The normalized spacial score (nSPS) is 25.9. The van der Waals surface area contributed by atoms with Crippen molar-refractivity contribution in [2.45, 2.75) is 38.2 Å². The molecular formula is C17H21NO2S. The second kappa shape index (κ2) is 5.78. The zero-order chi connectivity index (χ0) is 14.9. The van der Waals surface area contributed by atoms with E-state index in [0.29, 0.717) is 17.3 Å². The summed E-state index contributed by atoms with van der Waals surface area (Å²) in [5, 5.41) is 14.6. The zero-order valence-corrected chi connectivity index (χ0v) is 13.1. The number of benzene rings is 1. The highest BCUT2D eigenvalue weighted by atomic mass is 32.1. The lowest BCUT2D eigenvalue weighted by Gasteiger charge is -2.35. The molecule has 2 atom stereocenters. The molecule has 1 aliphatic carbocycles. The van der Waals surface area contributed by atoms with E-state index >= 15 is 0 Å². The summed E-state index contributed by atoms with van der Waals surface area (Å²) in [7, 11) is 0. The molecule has 1 fully saturated rings. The molecule has 1 aromatic carbocycles. The highest BCUT2D eigenvalue weighted by molar-refractivity contribution is 7.20. The maximum Gasteiger partial charge on any atom is 0.261 e. The maximum absolute atomic E-state index is 12.3. The molecule has 3 nitrogen and oxygen atoms in total. The van der Waals surface area contributed by atoms with E-state index in [1.165, 1.54) is 17.8 Å². The van der Waals surface area contributed by atoms with Crippen molar-refractivity contribution in [3.05, 3.63) is 35.2 Å². The van der Waals surface area contributed by atoms with Gasteiger partial charge in [0.1, 0.15) is 0 Å². The molecule has 0 aliphatic heterocycles. The van der Waals surface area contributed by atoms with Crippen LogP contribution in [0, 0.1) is 5.92 Å². The van der Waals surface area contributed by atoms with E-state index in [1.54, 1.807) is 0 Å². The first-order valence-corrected chi connectivity index (χ1v) is 8.37. The minimum Gasteiger partial charge on any atom is -0.388 e. The Hall–Kier alpha value is -1.39. The van der Waals surface area contributed by atoms with E-state index in [1.807, 2.05) is 30.3 Å². The van der Waals surface area contributed by atoms with Crippen LogP contribution in [0.2, 0.25) is 0 Å². The predicted molar refractivity (Wildman–Crippen MR) is 86.7 cm³/mol. The molecule has 1 aromatic heterocycles. The van der Waals surface area contributed by atoms with Gasteiger partial charge in [-0.25, -0.2) is 0 Å². The summed E-state index contributed by atoms with van der Waals surface area (Å²) in [6, 6.07) is 9.91. The Morgan fingerprint density at radius 1 is 1.48 bits per heavy atom. The first kappa shape index (κ1) is 14.5. The predicted octanol–water partition coefficient (Wildman–Crippen LogP) is 3.57. The average Bonchev–Trinajstić information content (AvgIpc) is 2.88. The molecule has 0 bridgehead atoms. The number of thiophene rings is 1. The Kier molecular flexibility index (Phi) is 4.00. The van der Waals surface area contributed by atoms with E-state index < -0.39 is 5.60 Å². The lowest BCUT2D eigenvalue weighted by Crippen LogP contribution is -2.45. The van der Waals surface area contributed by atoms with Crippen molar-refractivity contribution in [2.24, 2.45) is 5.92 Å². The molecule has 1 amide bonds.